The minimum absolute atomic E-state index is 0.239. The van der Waals surface area contributed by atoms with Crippen molar-refractivity contribution in [2.24, 2.45) is 0 Å². The summed E-state index contributed by atoms with van der Waals surface area (Å²) in [4.78, 5) is 25.0. The topological polar surface area (TPSA) is 67.4 Å². The molecule has 0 fully saturated rings. The molecule has 4 rings (SSSR count). The third-order valence-electron chi connectivity index (χ3n) is 4.87. The third kappa shape index (κ3) is 4.75. The summed E-state index contributed by atoms with van der Waals surface area (Å²) in [7, 11) is 0. The van der Waals surface area contributed by atoms with Gasteiger partial charge in [-0.1, -0.05) is 48.5 Å². The normalized spacial score (nSPS) is 12.3. The van der Waals surface area contributed by atoms with Crippen LogP contribution in [0.1, 0.15) is 27.0 Å². The Morgan fingerprint density at radius 2 is 1.77 bits per heavy atom. The van der Waals surface area contributed by atoms with E-state index in [-0.39, 0.29) is 11.8 Å². The number of ether oxygens (including phenoxy) is 1. The maximum absolute atomic E-state index is 12.6. The monoisotopic (exact) mass is 398 g/mol. The maximum atomic E-state index is 12.6. The van der Waals surface area contributed by atoms with Gasteiger partial charge in [-0.2, -0.15) is 0 Å². The summed E-state index contributed by atoms with van der Waals surface area (Å²) < 4.78 is 5.50. The molecule has 2 amide bonds. The molecule has 0 aliphatic carbocycles. The fourth-order valence-corrected chi connectivity index (χ4v) is 3.32. The van der Waals surface area contributed by atoms with Crippen LogP contribution in [0.5, 0.6) is 5.75 Å². The lowest BCUT2D eigenvalue weighted by atomic mass is 10.1. The number of nitrogens with one attached hydrogen (secondary N) is 2. The number of benzene rings is 3. The van der Waals surface area contributed by atoms with Gasteiger partial charge in [0.1, 0.15) is 5.75 Å². The molecule has 30 heavy (non-hydrogen) atoms. The van der Waals surface area contributed by atoms with Crippen LogP contribution in [0.25, 0.3) is 6.08 Å². The molecule has 0 aromatic heterocycles. The summed E-state index contributed by atoms with van der Waals surface area (Å²) in [5, 5.41) is 5.69. The van der Waals surface area contributed by atoms with Crippen molar-refractivity contribution >= 4 is 23.6 Å². The first-order valence-corrected chi connectivity index (χ1v) is 9.85. The molecule has 0 bridgehead atoms. The van der Waals surface area contributed by atoms with Crippen LogP contribution in [0.2, 0.25) is 0 Å². The van der Waals surface area contributed by atoms with Gasteiger partial charge in [0.05, 0.1) is 17.9 Å². The molecule has 0 spiro atoms. The van der Waals surface area contributed by atoms with E-state index in [2.05, 4.69) is 10.6 Å². The van der Waals surface area contributed by atoms with Crippen molar-refractivity contribution in [2.45, 2.75) is 13.0 Å². The van der Waals surface area contributed by atoms with Crippen LogP contribution in [0.4, 0.5) is 5.69 Å². The van der Waals surface area contributed by atoms with E-state index in [1.165, 1.54) is 6.08 Å². The Labute approximate surface area is 175 Å². The number of para-hydroxylation sites is 1. The van der Waals surface area contributed by atoms with E-state index in [1.807, 2.05) is 48.5 Å². The van der Waals surface area contributed by atoms with Crippen LogP contribution in [-0.4, -0.2) is 18.4 Å². The van der Waals surface area contributed by atoms with Gasteiger partial charge in [-0.3, -0.25) is 9.59 Å². The molecule has 0 atom stereocenters. The molecule has 3 aromatic rings. The maximum Gasteiger partial charge on any atom is 0.253 e. The van der Waals surface area contributed by atoms with E-state index < -0.39 is 0 Å². The standard InChI is InChI=1S/C25H22N2O3/c28-24(13-11-18-10-12-23-20(16-18)14-15-30-23)27-22-9-5-4-8-21(22)25(29)26-17-19-6-2-1-3-7-19/h1-13,16H,14-15,17H2,(H,26,29)(H,27,28)/b13-11+. The van der Waals surface area contributed by atoms with Crippen molar-refractivity contribution in [1.82, 2.24) is 5.32 Å². The van der Waals surface area contributed by atoms with Crippen molar-refractivity contribution in [3.63, 3.8) is 0 Å². The first-order chi connectivity index (χ1) is 14.7. The quantitative estimate of drug-likeness (QED) is 0.612. The molecule has 0 saturated heterocycles. The lowest BCUT2D eigenvalue weighted by Crippen LogP contribution is -2.24. The van der Waals surface area contributed by atoms with E-state index in [4.69, 9.17) is 4.74 Å². The van der Waals surface area contributed by atoms with Gasteiger partial charge in [0.25, 0.3) is 5.91 Å². The van der Waals surface area contributed by atoms with Crippen LogP contribution in [-0.2, 0) is 17.8 Å². The van der Waals surface area contributed by atoms with Gasteiger partial charge in [-0.25, -0.2) is 0 Å². The summed E-state index contributed by atoms with van der Waals surface area (Å²) in [6.45, 7) is 1.12. The molecule has 1 aliphatic rings. The molecule has 3 aromatic carbocycles. The molecule has 2 N–H and O–H groups in total. The number of rotatable bonds is 6. The molecule has 0 unspecified atom stereocenters. The Bertz CT molecular complexity index is 1090. The highest BCUT2D eigenvalue weighted by atomic mass is 16.5. The molecular weight excluding hydrogens is 376 g/mol. The minimum atomic E-state index is -0.296. The van der Waals surface area contributed by atoms with Gasteiger partial charge in [0, 0.05) is 19.0 Å². The molecular formula is C25H22N2O3. The Hall–Kier alpha value is -3.86. The number of hydrogen-bond donors (Lipinski definition) is 2. The molecule has 5 heteroatoms. The second-order valence-corrected chi connectivity index (χ2v) is 7.00. The fraction of sp³-hybridized carbons (Fsp3) is 0.120. The Kier molecular flexibility index (Phi) is 5.90. The minimum Gasteiger partial charge on any atom is -0.493 e. The van der Waals surface area contributed by atoms with Crippen molar-refractivity contribution in [3.05, 3.63) is 101 Å². The zero-order chi connectivity index (χ0) is 20.8. The number of carbonyl (C=O) groups is 2. The van der Waals surface area contributed by atoms with Crippen LogP contribution in [0, 0.1) is 0 Å². The lowest BCUT2D eigenvalue weighted by molar-refractivity contribution is -0.111. The van der Waals surface area contributed by atoms with Gasteiger partial charge in [0.15, 0.2) is 0 Å². The zero-order valence-corrected chi connectivity index (χ0v) is 16.4. The SMILES string of the molecule is O=C(/C=C/c1ccc2c(c1)CCO2)Nc1ccccc1C(=O)NCc1ccccc1. The second kappa shape index (κ2) is 9.09. The number of carbonyl (C=O) groups excluding carboxylic acids is 2. The van der Waals surface area contributed by atoms with Crippen LogP contribution < -0.4 is 15.4 Å². The summed E-state index contributed by atoms with van der Waals surface area (Å²) in [6, 6.07) is 22.5. The van der Waals surface area contributed by atoms with Gasteiger partial charge in [-0.15, -0.1) is 0 Å². The lowest BCUT2D eigenvalue weighted by Gasteiger charge is -2.10. The molecule has 1 aliphatic heterocycles. The zero-order valence-electron chi connectivity index (χ0n) is 16.4. The Balaban J connectivity index is 1.40. The predicted octanol–water partition coefficient (Wildman–Crippen LogP) is 4.20. The van der Waals surface area contributed by atoms with Crippen LogP contribution in [0.3, 0.4) is 0 Å². The molecule has 0 saturated carbocycles. The van der Waals surface area contributed by atoms with Gasteiger partial charge >= 0.3 is 0 Å². The molecule has 150 valence electrons. The molecule has 5 nitrogen and oxygen atoms in total. The summed E-state index contributed by atoms with van der Waals surface area (Å²) in [5.74, 6) is 0.374. The van der Waals surface area contributed by atoms with E-state index >= 15 is 0 Å². The number of hydrogen-bond acceptors (Lipinski definition) is 3. The largest absolute Gasteiger partial charge is 0.493 e. The number of amides is 2. The Morgan fingerprint density at radius 3 is 2.63 bits per heavy atom. The number of anilines is 1. The Morgan fingerprint density at radius 1 is 0.967 bits per heavy atom. The van der Waals surface area contributed by atoms with Crippen LogP contribution in [0.15, 0.2) is 78.9 Å². The van der Waals surface area contributed by atoms with Crippen molar-refractivity contribution < 1.29 is 14.3 Å². The van der Waals surface area contributed by atoms with E-state index in [0.29, 0.717) is 24.4 Å². The first-order valence-electron chi connectivity index (χ1n) is 9.85. The number of fused-ring (bicyclic) bond motifs is 1. The first kappa shape index (κ1) is 19.5. The van der Waals surface area contributed by atoms with E-state index in [0.717, 1.165) is 28.9 Å². The van der Waals surface area contributed by atoms with Gasteiger partial charge < -0.3 is 15.4 Å². The fourth-order valence-electron chi connectivity index (χ4n) is 3.32. The van der Waals surface area contributed by atoms with Crippen molar-refractivity contribution in [2.75, 3.05) is 11.9 Å². The highest BCUT2D eigenvalue weighted by Gasteiger charge is 2.13. The molecule has 0 radical (unpaired) electrons. The smallest absolute Gasteiger partial charge is 0.253 e. The highest BCUT2D eigenvalue weighted by molar-refractivity contribution is 6.07. The summed E-state index contributed by atoms with van der Waals surface area (Å²) in [6.07, 6.45) is 4.11. The van der Waals surface area contributed by atoms with E-state index in [1.54, 1.807) is 30.3 Å². The average molecular weight is 398 g/mol. The van der Waals surface area contributed by atoms with Gasteiger partial charge in [-0.05, 0) is 47.0 Å². The predicted molar refractivity (Wildman–Crippen MR) is 117 cm³/mol. The molecule has 1 heterocycles. The van der Waals surface area contributed by atoms with Gasteiger partial charge in [0.2, 0.25) is 5.91 Å². The highest BCUT2D eigenvalue weighted by Crippen LogP contribution is 2.26. The second-order valence-electron chi connectivity index (χ2n) is 7.00. The average Bonchev–Trinajstić information content (AvgIpc) is 3.25. The van der Waals surface area contributed by atoms with Crippen molar-refractivity contribution in [3.8, 4) is 5.75 Å². The van der Waals surface area contributed by atoms with Crippen LogP contribution >= 0.6 is 0 Å². The summed E-state index contributed by atoms with van der Waals surface area (Å²) in [5.41, 5.74) is 3.99. The van der Waals surface area contributed by atoms with E-state index in [9.17, 15) is 9.59 Å². The van der Waals surface area contributed by atoms with Crippen molar-refractivity contribution in [1.29, 1.82) is 0 Å². The third-order valence-corrected chi connectivity index (χ3v) is 4.87. The summed E-state index contributed by atoms with van der Waals surface area (Å²) >= 11 is 0.